The first-order chi connectivity index (χ1) is 5.69. The molecule has 1 rings (SSSR count). The van der Waals surface area contributed by atoms with E-state index in [0.29, 0.717) is 6.42 Å². The molecule has 3 heteroatoms. The first-order valence-electron chi connectivity index (χ1n) is 4.18. The van der Waals surface area contributed by atoms with Crippen molar-refractivity contribution in [3.63, 3.8) is 0 Å². The second kappa shape index (κ2) is 4.03. The Bertz CT molecular complexity index is 158. The molecule has 1 saturated heterocycles. The Morgan fingerprint density at radius 2 is 2.33 bits per heavy atom. The van der Waals surface area contributed by atoms with E-state index in [2.05, 4.69) is 6.58 Å². The minimum Gasteiger partial charge on any atom is -0.381 e. The van der Waals surface area contributed by atoms with Crippen LogP contribution in [-0.4, -0.2) is 30.7 Å². The van der Waals surface area contributed by atoms with Gasteiger partial charge in [-0.25, -0.2) is 0 Å². The van der Waals surface area contributed by atoms with Gasteiger partial charge in [0.1, 0.15) is 0 Å². The molecule has 0 saturated carbocycles. The molecule has 1 aliphatic heterocycles. The van der Waals surface area contributed by atoms with Gasteiger partial charge in [0.15, 0.2) is 6.29 Å². The van der Waals surface area contributed by atoms with Crippen LogP contribution in [-0.2, 0) is 9.47 Å². The topological polar surface area (TPSA) is 38.7 Å². The van der Waals surface area contributed by atoms with Crippen molar-refractivity contribution in [1.29, 1.82) is 0 Å². The Morgan fingerprint density at radius 3 is 2.83 bits per heavy atom. The summed E-state index contributed by atoms with van der Waals surface area (Å²) in [6.07, 6.45) is 1.51. The summed E-state index contributed by atoms with van der Waals surface area (Å²) in [6.45, 7) is 5.68. The fraction of sp³-hybridized carbons (Fsp3) is 0.778. The van der Waals surface area contributed by atoms with Crippen molar-refractivity contribution in [2.75, 3.05) is 7.11 Å². The van der Waals surface area contributed by atoms with Crippen LogP contribution in [0.25, 0.3) is 0 Å². The van der Waals surface area contributed by atoms with Gasteiger partial charge < -0.3 is 14.6 Å². The van der Waals surface area contributed by atoms with Crippen LogP contribution in [0.2, 0.25) is 0 Å². The average Bonchev–Trinajstić information content (AvgIpc) is 2.08. The molecule has 1 aliphatic rings. The van der Waals surface area contributed by atoms with Crippen molar-refractivity contribution in [3.8, 4) is 0 Å². The number of hydrogen-bond donors (Lipinski definition) is 1. The van der Waals surface area contributed by atoms with Gasteiger partial charge in [0.2, 0.25) is 0 Å². The number of aliphatic hydroxyl groups excluding tert-OH is 1. The summed E-state index contributed by atoms with van der Waals surface area (Å²) in [5.74, 6) is 0.260. The van der Waals surface area contributed by atoms with Crippen molar-refractivity contribution >= 4 is 0 Å². The Morgan fingerprint density at radius 1 is 1.67 bits per heavy atom. The summed E-state index contributed by atoms with van der Waals surface area (Å²) < 4.78 is 10.5. The Kier molecular flexibility index (Phi) is 3.26. The molecule has 1 heterocycles. The van der Waals surface area contributed by atoms with Crippen LogP contribution in [0, 0.1) is 5.92 Å². The molecule has 0 bridgehead atoms. The molecule has 4 unspecified atom stereocenters. The van der Waals surface area contributed by atoms with Gasteiger partial charge in [-0.15, -0.1) is 6.58 Å². The molecule has 0 aromatic rings. The largest absolute Gasteiger partial charge is 0.381 e. The van der Waals surface area contributed by atoms with Crippen LogP contribution in [0.5, 0.6) is 0 Å². The zero-order valence-electron chi connectivity index (χ0n) is 7.56. The zero-order valence-corrected chi connectivity index (χ0v) is 7.56. The first-order valence-corrected chi connectivity index (χ1v) is 4.18. The van der Waals surface area contributed by atoms with Gasteiger partial charge in [-0.05, 0) is 0 Å². The van der Waals surface area contributed by atoms with Crippen LogP contribution in [0.15, 0.2) is 12.7 Å². The minimum absolute atomic E-state index is 0.0664. The highest BCUT2D eigenvalue weighted by Gasteiger charge is 2.33. The number of ether oxygens (including phenoxy) is 2. The number of aliphatic hydroxyl groups is 1. The third kappa shape index (κ3) is 1.86. The van der Waals surface area contributed by atoms with E-state index in [4.69, 9.17) is 9.47 Å². The number of methoxy groups -OCH3 is 1. The molecule has 12 heavy (non-hydrogen) atoms. The van der Waals surface area contributed by atoms with Crippen molar-refractivity contribution in [1.82, 2.24) is 0 Å². The van der Waals surface area contributed by atoms with Crippen LogP contribution in [0.1, 0.15) is 13.3 Å². The lowest BCUT2D eigenvalue weighted by atomic mass is 9.92. The van der Waals surface area contributed by atoms with E-state index in [9.17, 15) is 5.11 Å². The molecular weight excluding hydrogens is 156 g/mol. The molecule has 3 nitrogen and oxygen atoms in total. The van der Waals surface area contributed by atoms with E-state index < -0.39 is 6.29 Å². The van der Waals surface area contributed by atoms with Crippen LogP contribution in [0.4, 0.5) is 0 Å². The third-order valence-electron chi connectivity index (χ3n) is 2.39. The average molecular weight is 172 g/mol. The SMILES string of the molecule is C=CC1OC(O)CC(OC)C1C. The maximum Gasteiger partial charge on any atom is 0.157 e. The smallest absolute Gasteiger partial charge is 0.157 e. The second-order valence-corrected chi connectivity index (χ2v) is 3.16. The summed E-state index contributed by atoms with van der Waals surface area (Å²) in [4.78, 5) is 0. The van der Waals surface area contributed by atoms with Gasteiger partial charge >= 0.3 is 0 Å². The Balaban J connectivity index is 2.60. The van der Waals surface area contributed by atoms with Crippen molar-refractivity contribution < 1.29 is 14.6 Å². The lowest BCUT2D eigenvalue weighted by molar-refractivity contribution is -0.202. The molecule has 0 aromatic carbocycles. The maximum absolute atomic E-state index is 9.28. The zero-order chi connectivity index (χ0) is 9.14. The molecule has 0 spiro atoms. The molecule has 1 N–H and O–H groups in total. The maximum atomic E-state index is 9.28. The van der Waals surface area contributed by atoms with Crippen LogP contribution in [0.3, 0.4) is 0 Å². The Labute approximate surface area is 73.0 Å². The van der Waals surface area contributed by atoms with E-state index in [1.54, 1.807) is 13.2 Å². The first kappa shape index (κ1) is 9.71. The van der Waals surface area contributed by atoms with E-state index in [1.165, 1.54) is 0 Å². The fourth-order valence-electron chi connectivity index (χ4n) is 1.57. The van der Waals surface area contributed by atoms with Gasteiger partial charge in [-0.1, -0.05) is 13.0 Å². The highest BCUT2D eigenvalue weighted by Crippen LogP contribution is 2.26. The summed E-state index contributed by atoms with van der Waals surface area (Å²) >= 11 is 0. The molecule has 0 amide bonds. The molecule has 4 atom stereocenters. The van der Waals surface area contributed by atoms with E-state index >= 15 is 0 Å². The number of rotatable bonds is 2. The van der Waals surface area contributed by atoms with E-state index in [0.717, 1.165) is 0 Å². The van der Waals surface area contributed by atoms with Gasteiger partial charge in [-0.2, -0.15) is 0 Å². The van der Waals surface area contributed by atoms with Crippen LogP contribution < -0.4 is 0 Å². The number of hydrogen-bond acceptors (Lipinski definition) is 3. The molecule has 0 aromatic heterocycles. The summed E-state index contributed by atoms with van der Waals surface area (Å²) in [6, 6.07) is 0. The van der Waals surface area contributed by atoms with Crippen molar-refractivity contribution in [2.45, 2.75) is 31.8 Å². The Hall–Kier alpha value is -0.380. The van der Waals surface area contributed by atoms with Crippen molar-refractivity contribution in [3.05, 3.63) is 12.7 Å². The molecule has 0 aliphatic carbocycles. The predicted octanol–water partition coefficient (Wildman–Crippen LogP) is 0.931. The van der Waals surface area contributed by atoms with Crippen LogP contribution >= 0.6 is 0 Å². The lowest BCUT2D eigenvalue weighted by Gasteiger charge is -2.36. The molecule has 70 valence electrons. The quantitative estimate of drug-likeness (QED) is 0.630. The monoisotopic (exact) mass is 172 g/mol. The van der Waals surface area contributed by atoms with Crippen molar-refractivity contribution in [2.24, 2.45) is 5.92 Å². The highest BCUT2D eigenvalue weighted by atomic mass is 16.6. The van der Waals surface area contributed by atoms with E-state index in [1.807, 2.05) is 6.92 Å². The van der Waals surface area contributed by atoms with Gasteiger partial charge in [0.05, 0.1) is 12.2 Å². The third-order valence-corrected chi connectivity index (χ3v) is 2.39. The molecular formula is C9H16O3. The van der Waals surface area contributed by atoms with E-state index in [-0.39, 0.29) is 18.1 Å². The predicted molar refractivity (Wildman–Crippen MR) is 45.7 cm³/mol. The van der Waals surface area contributed by atoms with Gasteiger partial charge in [0, 0.05) is 19.4 Å². The normalized spacial score (nSPS) is 42.6. The van der Waals surface area contributed by atoms with Gasteiger partial charge in [-0.3, -0.25) is 0 Å². The van der Waals surface area contributed by atoms with Gasteiger partial charge in [0.25, 0.3) is 0 Å². The second-order valence-electron chi connectivity index (χ2n) is 3.16. The lowest BCUT2D eigenvalue weighted by Crippen LogP contribution is -2.42. The summed E-state index contributed by atoms with van der Waals surface area (Å²) in [7, 11) is 1.65. The fourth-order valence-corrected chi connectivity index (χ4v) is 1.57. The molecule has 0 radical (unpaired) electrons. The minimum atomic E-state index is -0.714. The standard InChI is InChI=1S/C9H16O3/c1-4-7-6(2)8(11-3)5-9(10)12-7/h4,6-10H,1,5H2,2-3H3. The summed E-state index contributed by atoms with van der Waals surface area (Å²) in [5, 5.41) is 9.28. The molecule has 1 fully saturated rings. The summed E-state index contributed by atoms with van der Waals surface area (Å²) in [5.41, 5.74) is 0. The highest BCUT2D eigenvalue weighted by molar-refractivity contribution is 4.91.